The van der Waals surface area contributed by atoms with Crippen LogP contribution < -0.4 is 5.73 Å². The summed E-state index contributed by atoms with van der Waals surface area (Å²) >= 11 is 0. The summed E-state index contributed by atoms with van der Waals surface area (Å²) in [7, 11) is 1.69. The van der Waals surface area contributed by atoms with E-state index in [0.717, 1.165) is 19.5 Å². The highest BCUT2D eigenvalue weighted by Crippen LogP contribution is 2.20. The lowest BCUT2D eigenvalue weighted by Gasteiger charge is -2.17. The van der Waals surface area contributed by atoms with Gasteiger partial charge in [-0.2, -0.15) is 0 Å². The first-order valence-electron chi connectivity index (χ1n) is 5.70. The van der Waals surface area contributed by atoms with Crippen molar-refractivity contribution in [1.29, 1.82) is 0 Å². The van der Waals surface area contributed by atoms with Crippen LogP contribution in [0.5, 0.6) is 0 Å². The number of pyridine rings is 1. The number of carbonyl (C=O) groups excluding carboxylic acids is 1. The largest absolute Gasteiger partial charge is 0.397 e. The van der Waals surface area contributed by atoms with Crippen LogP contribution in [-0.4, -0.2) is 42.6 Å². The van der Waals surface area contributed by atoms with Crippen LogP contribution in [0.3, 0.4) is 0 Å². The summed E-state index contributed by atoms with van der Waals surface area (Å²) in [5, 5.41) is 0. The highest BCUT2D eigenvalue weighted by atomic mass is 16.5. The molecule has 0 radical (unpaired) electrons. The van der Waals surface area contributed by atoms with Gasteiger partial charge in [0.2, 0.25) is 0 Å². The summed E-state index contributed by atoms with van der Waals surface area (Å²) in [4.78, 5) is 17.9. The van der Waals surface area contributed by atoms with E-state index in [4.69, 9.17) is 10.5 Å². The van der Waals surface area contributed by atoms with Crippen LogP contribution in [-0.2, 0) is 4.74 Å². The Kier molecular flexibility index (Phi) is 3.58. The Bertz CT molecular complexity index is 408. The highest BCUT2D eigenvalue weighted by molar-refractivity contribution is 5.98. The molecule has 1 amide bonds. The van der Waals surface area contributed by atoms with Gasteiger partial charge in [-0.25, -0.2) is 0 Å². The van der Waals surface area contributed by atoms with E-state index >= 15 is 0 Å². The van der Waals surface area contributed by atoms with Crippen LogP contribution in [0.1, 0.15) is 16.8 Å². The predicted molar refractivity (Wildman–Crippen MR) is 64.5 cm³/mol. The smallest absolute Gasteiger partial charge is 0.256 e. The van der Waals surface area contributed by atoms with E-state index in [0.29, 0.717) is 23.8 Å². The number of methoxy groups -OCH3 is 1. The first kappa shape index (κ1) is 11.9. The van der Waals surface area contributed by atoms with Crippen LogP contribution >= 0.6 is 0 Å². The van der Waals surface area contributed by atoms with Gasteiger partial charge >= 0.3 is 0 Å². The molecule has 1 unspecified atom stereocenters. The third kappa shape index (κ3) is 2.55. The van der Waals surface area contributed by atoms with Gasteiger partial charge in [-0.05, 0) is 12.5 Å². The molecular formula is C12H17N3O2. The second kappa shape index (κ2) is 5.14. The van der Waals surface area contributed by atoms with Crippen molar-refractivity contribution >= 4 is 11.6 Å². The zero-order chi connectivity index (χ0) is 12.3. The number of hydrogen-bond donors (Lipinski definition) is 1. The monoisotopic (exact) mass is 235 g/mol. The molecule has 2 heterocycles. The van der Waals surface area contributed by atoms with Crippen molar-refractivity contribution in [3.05, 3.63) is 24.0 Å². The summed E-state index contributed by atoms with van der Waals surface area (Å²) in [6.07, 6.45) is 4.09. The molecule has 0 spiro atoms. The van der Waals surface area contributed by atoms with Gasteiger partial charge < -0.3 is 15.4 Å². The summed E-state index contributed by atoms with van der Waals surface area (Å²) in [6, 6.07) is 1.67. The van der Waals surface area contributed by atoms with Crippen LogP contribution in [0.4, 0.5) is 5.69 Å². The molecule has 1 atom stereocenters. The number of carbonyl (C=O) groups is 1. The molecule has 2 N–H and O–H groups in total. The third-order valence-corrected chi connectivity index (χ3v) is 3.06. The van der Waals surface area contributed by atoms with Gasteiger partial charge in [-0.1, -0.05) is 0 Å². The molecule has 5 nitrogen and oxygen atoms in total. The van der Waals surface area contributed by atoms with Crippen molar-refractivity contribution in [2.45, 2.75) is 6.42 Å². The van der Waals surface area contributed by atoms with E-state index in [1.807, 2.05) is 4.90 Å². The van der Waals surface area contributed by atoms with Crippen molar-refractivity contribution in [1.82, 2.24) is 9.88 Å². The van der Waals surface area contributed by atoms with Gasteiger partial charge in [0, 0.05) is 32.3 Å². The molecule has 1 aliphatic heterocycles. The summed E-state index contributed by atoms with van der Waals surface area (Å²) in [5.74, 6) is 0.426. The lowest BCUT2D eigenvalue weighted by atomic mass is 10.1. The zero-order valence-electron chi connectivity index (χ0n) is 9.93. The minimum atomic E-state index is -0.0106. The first-order valence-corrected chi connectivity index (χ1v) is 5.70. The van der Waals surface area contributed by atoms with Crippen molar-refractivity contribution < 1.29 is 9.53 Å². The molecule has 1 aliphatic rings. The average molecular weight is 235 g/mol. The number of likely N-dealkylation sites (tertiary alicyclic amines) is 1. The molecule has 1 aromatic heterocycles. The molecule has 0 saturated carbocycles. The Hall–Kier alpha value is -1.62. The van der Waals surface area contributed by atoms with E-state index in [1.54, 1.807) is 19.4 Å². The third-order valence-electron chi connectivity index (χ3n) is 3.06. The molecule has 1 saturated heterocycles. The van der Waals surface area contributed by atoms with Gasteiger partial charge in [-0.3, -0.25) is 9.78 Å². The Morgan fingerprint density at radius 1 is 1.71 bits per heavy atom. The lowest BCUT2D eigenvalue weighted by molar-refractivity contribution is 0.0776. The Morgan fingerprint density at radius 2 is 2.53 bits per heavy atom. The summed E-state index contributed by atoms with van der Waals surface area (Å²) in [6.45, 7) is 2.22. The van der Waals surface area contributed by atoms with Crippen LogP contribution in [0, 0.1) is 5.92 Å². The van der Waals surface area contributed by atoms with Crippen LogP contribution in [0.2, 0.25) is 0 Å². The fourth-order valence-electron chi connectivity index (χ4n) is 2.16. The fourth-order valence-corrected chi connectivity index (χ4v) is 2.16. The number of hydrogen-bond acceptors (Lipinski definition) is 4. The zero-order valence-corrected chi connectivity index (χ0v) is 9.93. The number of anilines is 1. The number of nitrogen functional groups attached to an aromatic ring is 1. The SMILES string of the molecule is COCC1CCN(C(=O)c2ccncc2N)C1. The second-order valence-electron chi connectivity index (χ2n) is 4.32. The van der Waals surface area contributed by atoms with E-state index in [2.05, 4.69) is 4.98 Å². The molecule has 0 aliphatic carbocycles. The number of rotatable bonds is 3. The number of ether oxygens (including phenoxy) is 1. The van der Waals surface area contributed by atoms with Crippen molar-refractivity contribution in [2.24, 2.45) is 5.92 Å². The van der Waals surface area contributed by atoms with Crippen LogP contribution in [0.25, 0.3) is 0 Å². The molecule has 5 heteroatoms. The molecule has 0 bridgehead atoms. The van der Waals surface area contributed by atoms with E-state index in [1.165, 1.54) is 6.20 Å². The number of aromatic nitrogens is 1. The molecular weight excluding hydrogens is 218 g/mol. The number of amides is 1. The predicted octanol–water partition coefficient (Wildman–Crippen LogP) is 0.772. The van der Waals surface area contributed by atoms with Gasteiger partial charge in [-0.15, -0.1) is 0 Å². The maximum Gasteiger partial charge on any atom is 0.256 e. The number of nitrogens with two attached hydrogens (primary N) is 1. The van der Waals surface area contributed by atoms with Gasteiger partial charge in [0.25, 0.3) is 5.91 Å². The van der Waals surface area contributed by atoms with Gasteiger partial charge in [0.15, 0.2) is 0 Å². The fraction of sp³-hybridized carbons (Fsp3) is 0.500. The quantitative estimate of drug-likeness (QED) is 0.840. The highest BCUT2D eigenvalue weighted by Gasteiger charge is 2.27. The standard InChI is InChI=1S/C12H17N3O2/c1-17-8-9-3-5-15(7-9)12(16)10-2-4-14-6-11(10)13/h2,4,6,9H,3,5,7-8,13H2,1H3. The molecule has 92 valence electrons. The minimum Gasteiger partial charge on any atom is -0.397 e. The summed E-state index contributed by atoms with van der Waals surface area (Å²) < 4.78 is 5.11. The molecule has 1 fully saturated rings. The Balaban J connectivity index is 2.05. The second-order valence-corrected chi connectivity index (χ2v) is 4.32. The van der Waals surface area contributed by atoms with E-state index in [-0.39, 0.29) is 5.91 Å². The maximum atomic E-state index is 12.2. The van der Waals surface area contributed by atoms with Crippen LogP contribution in [0.15, 0.2) is 18.5 Å². The van der Waals surface area contributed by atoms with Crippen molar-refractivity contribution in [3.8, 4) is 0 Å². The average Bonchev–Trinajstić information content (AvgIpc) is 2.78. The molecule has 17 heavy (non-hydrogen) atoms. The lowest BCUT2D eigenvalue weighted by Crippen LogP contribution is -2.29. The van der Waals surface area contributed by atoms with Crippen molar-refractivity contribution in [2.75, 3.05) is 32.5 Å². The van der Waals surface area contributed by atoms with Gasteiger partial charge in [0.1, 0.15) is 0 Å². The van der Waals surface area contributed by atoms with Gasteiger partial charge in [0.05, 0.1) is 24.1 Å². The molecule has 2 rings (SSSR count). The van der Waals surface area contributed by atoms with E-state index < -0.39 is 0 Å². The normalized spacial score (nSPS) is 19.6. The topological polar surface area (TPSA) is 68.5 Å². The molecule has 1 aromatic rings. The molecule has 0 aromatic carbocycles. The Labute approximate surface area is 101 Å². The maximum absolute atomic E-state index is 12.2. The van der Waals surface area contributed by atoms with Crippen molar-refractivity contribution in [3.63, 3.8) is 0 Å². The minimum absolute atomic E-state index is 0.0106. The first-order chi connectivity index (χ1) is 8.22. The van der Waals surface area contributed by atoms with E-state index in [9.17, 15) is 4.79 Å². The number of nitrogens with zero attached hydrogens (tertiary/aromatic N) is 2. The summed E-state index contributed by atoms with van der Waals surface area (Å²) in [5.41, 5.74) is 6.73. The Morgan fingerprint density at radius 3 is 3.24 bits per heavy atom.